The maximum Gasteiger partial charge on any atom is 0.234 e. The van der Waals surface area contributed by atoms with Crippen LogP contribution in [0.2, 0.25) is 0 Å². The SMILES string of the molecule is C=CC(O)NCC(=O)NCc1ccc2ccccc2c1. The molecule has 0 radical (unpaired) electrons. The van der Waals surface area contributed by atoms with Gasteiger partial charge in [-0.2, -0.15) is 0 Å². The van der Waals surface area contributed by atoms with Gasteiger partial charge in [0, 0.05) is 6.54 Å². The molecule has 0 bridgehead atoms. The lowest BCUT2D eigenvalue weighted by Gasteiger charge is -2.09. The second kappa shape index (κ2) is 6.84. The minimum absolute atomic E-state index is 0.0563. The lowest BCUT2D eigenvalue weighted by Crippen LogP contribution is -2.37. The van der Waals surface area contributed by atoms with Crippen molar-refractivity contribution in [3.05, 3.63) is 60.7 Å². The summed E-state index contributed by atoms with van der Waals surface area (Å²) in [6.07, 6.45) is 0.470. The lowest BCUT2D eigenvalue weighted by atomic mass is 10.1. The molecule has 4 nitrogen and oxygen atoms in total. The Morgan fingerprint density at radius 3 is 2.75 bits per heavy atom. The van der Waals surface area contributed by atoms with E-state index in [1.807, 2.05) is 30.3 Å². The predicted octanol–water partition coefficient (Wildman–Crippen LogP) is 1.55. The summed E-state index contributed by atoms with van der Waals surface area (Å²) in [6, 6.07) is 14.2. The Morgan fingerprint density at radius 2 is 2.00 bits per heavy atom. The third-order valence-electron chi connectivity index (χ3n) is 3.00. The first kappa shape index (κ1) is 14.2. The number of carbonyl (C=O) groups is 1. The standard InChI is InChI=1S/C16H18N2O2/c1-2-15(19)18-11-16(20)17-10-12-7-8-13-5-3-4-6-14(13)9-12/h2-9,15,18-19H,1,10-11H2,(H,17,20). The largest absolute Gasteiger partial charge is 0.375 e. The van der Waals surface area contributed by atoms with Gasteiger partial charge in [0.15, 0.2) is 0 Å². The van der Waals surface area contributed by atoms with E-state index in [4.69, 9.17) is 0 Å². The van der Waals surface area contributed by atoms with E-state index in [1.54, 1.807) is 0 Å². The zero-order valence-corrected chi connectivity index (χ0v) is 11.2. The summed E-state index contributed by atoms with van der Waals surface area (Å²) in [5.41, 5.74) is 1.04. The number of rotatable bonds is 6. The van der Waals surface area contributed by atoms with Crippen LogP contribution in [0.3, 0.4) is 0 Å². The highest BCUT2D eigenvalue weighted by atomic mass is 16.3. The highest BCUT2D eigenvalue weighted by Gasteiger charge is 2.04. The van der Waals surface area contributed by atoms with E-state index < -0.39 is 6.23 Å². The van der Waals surface area contributed by atoms with Crippen molar-refractivity contribution in [1.29, 1.82) is 0 Å². The summed E-state index contributed by atoms with van der Waals surface area (Å²) in [5.74, 6) is -0.168. The molecule has 0 heterocycles. The van der Waals surface area contributed by atoms with Crippen LogP contribution in [0.1, 0.15) is 5.56 Å². The number of fused-ring (bicyclic) bond motifs is 1. The van der Waals surface area contributed by atoms with E-state index in [2.05, 4.69) is 29.3 Å². The topological polar surface area (TPSA) is 61.4 Å². The normalized spacial score (nSPS) is 12.1. The molecule has 1 amide bonds. The number of hydrogen-bond acceptors (Lipinski definition) is 3. The molecule has 104 valence electrons. The summed E-state index contributed by atoms with van der Waals surface area (Å²) in [4.78, 5) is 11.6. The van der Waals surface area contributed by atoms with Crippen molar-refractivity contribution in [2.24, 2.45) is 0 Å². The van der Waals surface area contributed by atoms with Gasteiger partial charge in [0.2, 0.25) is 5.91 Å². The van der Waals surface area contributed by atoms with E-state index in [-0.39, 0.29) is 12.5 Å². The minimum Gasteiger partial charge on any atom is -0.375 e. The van der Waals surface area contributed by atoms with Crippen molar-refractivity contribution in [3.63, 3.8) is 0 Å². The first-order valence-corrected chi connectivity index (χ1v) is 6.47. The molecule has 4 heteroatoms. The van der Waals surface area contributed by atoms with Gasteiger partial charge in [0.25, 0.3) is 0 Å². The Kier molecular flexibility index (Phi) is 4.87. The van der Waals surface area contributed by atoms with Gasteiger partial charge in [-0.25, -0.2) is 0 Å². The molecule has 3 N–H and O–H groups in total. The van der Waals surface area contributed by atoms with Crippen LogP contribution in [0.4, 0.5) is 0 Å². The number of hydrogen-bond donors (Lipinski definition) is 3. The number of carbonyl (C=O) groups excluding carboxylic acids is 1. The maximum absolute atomic E-state index is 11.6. The lowest BCUT2D eigenvalue weighted by molar-refractivity contribution is -0.120. The van der Waals surface area contributed by atoms with Crippen LogP contribution in [0.5, 0.6) is 0 Å². The van der Waals surface area contributed by atoms with Crippen LogP contribution < -0.4 is 10.6 Å². The molecule has 0 aliphatic carbocycles. The fourth-order valence-electron chi connectivity index (χ4n) is 1.89. The Bertz CT molecular complexity index is 610. The maximum atomic E-state index is 11.6. The van der Waals surface area contributed by atoms with Gasteiger partial charge < -0.3 is 10.4 Å². The molecular weight excluding hydrogens is 252 g/mol. The Hall–Kier alpha value is -2.17. The van der Waals surface area contributed by atoms with Crippen molar-refractivity contribution in [2.75, 3.05) is 6.54 Å². The molecule has 1 atom stereocenters. The van der Waals surface area contributed by atoms with Crippen LogP contribution in [-0.2, 0) is 11.3 Å². The predicted molar refractivity (Wildman–Crippen MR) is 80.0 cm³/mol. The van der Waals surface area contributed by atoms with Crippen molar-refractivity contribution in [1.82, 2.24) is 10.6 Å². The second-order valence-electron chi connectivity index (χ2n) is 4.52. The molecule has 2 aromatic carbocycles. The zero-order valence-electron chi connectivity index (χ0n) is 11.2. The molecule has 20 heavy (non-hydrogen) atoms. The fraction of sp³-hybridized carbons (Fsp3) is 0.188. The minimum atomic E-state index is -0.860. The van der Waals surface area contributed by atoms with Crippen LogP contribution in [0, 0.1) is 0 Å². The Morgan fingerprint density at radius 1 is 1.25 bits per heavy atom. The van der Waals surface area contributed by atoms with Gasteiger partial charge >= 0.3 is 0 Å². The first-order chi connectivity index (χ1) is 9.69. The monoisotopic (exact) mass is 270 g/mol. The van der Waals surface area contributed by atoms with Crippen LogP contribution in [0.25, 0.3) is 10.8 Å². The third-order valence-corrected chi connectivity index (χ3v) is 3.00. The van der Waals surface area contributed by atoms with E-state index in [0.717, 1.165) is 10.9 Å². The number of aliphatic hydroxyl groups is 1. The molecule has 0 aromatic heterocycles. The molecular formula is C16H18N2O2. The fourth-order valence-corrected chi connectivity index (χ4v) is 1.89. The van der Waals surface area contributed by atoms with Crippen LogP contribution >= 0.6 is 0 Å². The number of benzene rings is 2. The van der Waals surface area contributed by atoms with Crippen LogP contribution in [-0.4, -0.2) is 23.8 Å². The van der Waals surface area contributed by atoms with Crippen molar-refractivity contribution in [2.45, 2.75) is 12.8 Å². The molecule has 0 aliphatic heterocycles. The van der Waals surface area contributed by atoms with Gasteiger partial charge in [0.1, 0.15) is 6.23 Å². The number of nitrogens with one attached hydrogen (secondary N) is 2. The van der Waals surface area contributed by atoms with E-state index in [1.165, 1.54) is 11.5 Å². The molecule has 0 fully saturated rings. The third kappa shape index (κ3) is 3.91. The molecule has 0 saturated carbocycles. The zero-order chi connectivity index (χ0) is 14.4. The van der Waals surface area contributed by atoms with E-state index >= 15 is 0 Å². The van der Waals surface area contributed by atoms with Gasteiger partial charge in [0.05, 0.1) is 6.54 Å². The molecule has 0 spiro atoms. The smallest absolute Gasteiger partial charge is 0.234 e. The van der Waals surface area contributed by atoms with Gasteiger partial charge in [-0.15, -0.1) is 0 Å². The summed E-state index contributed by atoms with van der Waals surface area (Å²) >= 11 is 0. The van der Waals surface area contributed by atoms with E-state index in [0.29, 0.717) is 6.54 Å². The quantitative estimate of drug-likeness (QED) is 0.551. The van der Waals surface area contributed by atoms with Crippen molar-refractivity contribution >= 4 is 16.7 Å². The first-order valence-electron chi connectivity index (χ1n) is 6.47. The number of aliphatic hydroxyl groups excluding tert-OH is 1. The summed E-state index contributed by atoms with van der Waals surface area (Å²) < 4.78 is 0. The average molecular weight is 270 g/mol. The summed E-state index contributed by atoms with van der Waals surface area (Å²) in [7, 11) is 0. The summed E-state index contributed by atoms with van der Waals surface area (Å²) in [5, 5.41) is 17.0. The molecule has 2 rings (SSSR count). The average Bonchev–Trinajstić information content (AvgIpc) is 2.50. The molecule has 1 unspecified atom stereocenters. The van der Waals surface area contributed by atoms with Crippen molar-refractivity contribution in [3.8, 4) is 0 Å². The van der Waals surface area contributed by atoms with Gasteiger partial charge in [-0.1, -0.05) is 43.0 Å². The Labute approximate surface area is 118 Å². The molecule has 0 aliphatic rings. The van der Waals surface area contributed by atoms with Crippen LogP contribution in [0.15, 0.2) is 55.1 Å². The Balaban J connectivity index is 1.89. The van der Waals surface area contributed by atoms with Crippen molar-refractivity contribution < 1.29 is 9.90 Å². The molecule has 2 aromatic rings. The number of amides is 1. The highest BCUT2D eigenvalue weighted by Crippen LogP contribution is 2.15. The molecule has 0 saturated heterocycles. The summed E-state index contributed by atoms with van der Waals surface area (Å²) in [6.45, 7) is 3.94. The van der Waals surface area contributed by atoms with Gasteiger partial charge in [-0.3, -0.25) is 10.1 Å². The van der Waals surface area contributed by atoms with E-state index in [9.17, 15) is 9.90 Å². The highest BCUT2D eigenvalue weighted by molar-refractivity contribution is 5.83. The second-order valence-corrected chi connectivity index (χ2v) is 4.52. The van der Waals surface area contributed by atoms with Gasteiger partial charge in [-0.05, 0) is 28.5 Å².